The third kappa shape index (κ3) is 4.30. The Labute approximate surface area is 180 Å². The highest BCUT2D eigenvalue weighted by Gasteiger charge is 2.29. The first-order valence-electron chi connectivity index (χ1n) is 10.5. The molecule has 0 bridgehead atoms. The lowest BCUT2D eigenvalue weighted by Crippen LogP contribution is -2.44. The van der Waals surface area contributed by atoms with Crippen LogP contribution in [0.25, 0.3) is 10.9 Å². The van der Waals surface area contributed by atoms with Crippen molar-refractivity contribution in [2.75, 3.05) is 11.9 Å². The molecule has 3 N–H and O–H groups in total. The molecule has 1 aliphatic rings. The second-order valence-electron chi connectivity index (χ2n) is 8.04. The van der Waals surface area contributed by atoms with E-state index >= 15 is 0 Å². The van der Waals surface area contributed by atoms with E-state index in [0.717, 1.165) is 0 Å². The molecule has 1 aliphatic heterocycles. The zero-order valence-corrected chi connectivity index (χ0v) is 17.6. The monoisotopic (exact) mass is 418 g/mol. The van der Waals surface area contributed by atoms with E-state index in [2.05, 4.69) is 52.7 Å². The summed E-state index contributed by atoms with van der Waals surface area (Å²) in [6.45, 7) is 4.73. The van der Waals surface area contributed by atoms with Gasteiger partial charge in [0.15, 0.2) is 0 Å². The highest BCUT2D eigenvalue weighted by atomic mass is 16.2. The fraction of sp³-hybridized carbons (Fsp3) is 0.292. The fourth-order valence-electron chi connectivity index (χ4n) is 3.95. The molecule has 0 spiro atoms. The average Bonchev–Trinajstić information content (AvgIpc) is 3.07. The van der Waals surface area contributed by atoms with Crippen molar-refractivity contribution in [1.82, 2.24) is 15.2 Å². The molecule has 1 atom stereocenters. The van der Waals surface area contributed by atoms with Crippen molar-refractivity contribution >= 4 is 34.3 Å². The number of carbonyl (C=O) groups excluding carboxylic acids is 3. The number of anilines is 1. The first kappa shape index (κ1) is 20.7. The van der Waals surface area contributed by atoms with Gasteiger partial charge in [0.25, 0.3) is 5.91 Å². The highest BCUT2D eigenvalue weighted by Crippen LogP contribution is 2.25. The second kappa shape index (κ2) is 8.63. The van der Waals surface area contributed by atoms with E-state index in [9.17, 15) is 14.4 Å². The minimum atomic E-state index is -0.914. The molecule has 0 saturated carbocycles. The van der Waals surface area contributed by atoms with Crippen LogP contribution in [0.3, 0.4) is 0 Å². The van der Waals surface area contributed by atoms with Gasteiger partial charge in [0.05, 0.1) is 17.7 Å². The molecule has 2 heterocycles. The molecule has 0 saturated heterocycles. The van der Waals surface area contributed by atoms with Crippen LogP contribution < -0.4 is 16.0 Å². The van der Waals surface area contributed by atoms with Crippen molar-refractivity contribution in [1.29, 1.82) is 0 Å². The van der Waals surface area contributed by atoms with Gasteiger partial charge in [-0.15, -0.1) is 0 Å². The summed E-state index contributed by atoms with van der Waals surface area (Å²) in [7, 11) is 0. The minimum absolute atomic E-state index is 0.112. The molecule has 3 amide bonds. The Balaban J connectivity index is 1.37. The van der Waals surface area contributed by atoms with E-state index < -0.39 is 11.9 Å². The van der Waals surface area contributed by atoms with E-state index in [4.69, 9.17) is 0 Å². The van der Waals surface area contributed by atoms with Crippen LogP contribution in [-0.2, 0) is 16.0 Å². The highest BCUT2D eigenvalue weighted by molar-refractivity contribution is 6.10. The molecule has 0 unspecified atom stereocenters. The number of hydrogen-bond acceptors (Lipinski definition) is 3. The second-order valence-corrected chi connectivity index (χ2v) is 8.04. The van der Waals surface area contributed by atoms with Gasteiger partial charge in [-0.25, -0.2) is 0 Å². The number of hydrogen-bond donors (Lipinski definition) is 3. The van der Waals surface area contributed by atoms with Gasteiger partial charge in [0, 0.05) is 29.7 Å². The number of nitrogens with one attached hydrogen (secondary N) is 3. The first-order valence-corrected chi connectivity index (χ1v) is 10.5. The summed E-state index contributed by atoms with van der Waals surface area (Å²) in [5.41, 5.74) is 3.19. The van der Waals surface area contributed by atoms with Gasteiger partial charge in [0.1, 0.15) is 6.04 Å². The summed E-state index contributed by atoms with van der Waals surface area (Å²) in [6, 6.07) is 14.4. The quantitative estimate of drug-likeness (QED) is 0.575. The van der Waals surface area contributed by atoms with Crippen LogP contribution in [0.15, 0.2) is 54.7 Å². The molecule has 160 valence electrons. The van der Waals surface area contributed by atoms with Crippen molar-refractivity contribution in [2.45, 2.75) is 38.8 Å². The zero-order valence-electron chi connectivity index (χ0n) is 17.6. The van der Waals surface area contributed by atoms with Crippen LogP contribution in [-0.4, -0.2) is 34.9 Å². The van der Waals surface area contributed by atoms with E-state index in [1.807, 2.05) is 12.1 Å². The van der Waals surface area contributed by atoms with Crippen LogP contribution >= 0.6 is 0 Å². The number of carbonyl (C=O) groups is 3. The van der Waals surface area contributed by atoms with Crippen LogP contribution in [0.4, 0.5) is 5.69 Å². The summed E-state index contributed by atoms with van der Waals surface area (Å²) in [5, 5.41) is 9.43. The van der Waals surface area contributed by atoms with E-state index in [-0.39, 0.29) is 18.2 Å². The molecule has 1 aromatic heterocycles. The maximum absolute atomic E-state index is 12.5. The van der Waals surface area contributed by atoms with Crippen molar-refractivity contribution < 1.29 is 14.4 Å². The average molecular weight is 418 g/mol. The van der Waals surface area contributed by atoms with E-state index in [1.54, 1.807) is 24.3 Å². The van der Waals surface area contributed by atoms with Crippen LogP contribution in [0, 0.1) is 0 Å². The minimum Gasteiger partial charge on any atom is -0.356 e. The number of benzene rings is 2. The third-order valence-electron chi connectivity index (χ3n) is 5.54. The number of para-hydroxylation sites is 2. The topological polar surface area (TPSA) is 92.2 Å². The molecule has 0 radical (unpaired) electrons. The molecule has 0 aliphatic carbocycles. The molecule has 0 fully saturated rings. The summed E-state index contributed by atoms with van der Waals surface area (Å²) in [6.07, 6.45) is 2.71. The van der Waals surface area contributed by atoms with Gasteiger partial charge >= 0.3 is 0 Å². The molecule has 4 rings (SSSR count). The Morgan fingerprint density at radius 3 is 2.65 bits per heavy atom. The Morgan fingerprint density at radius 1 is 1.10 bits per heavy atom. The molecule has 31 heavy (non-hydrogen) atoms. The Bertz CT molecular complexity index is 1150. The van der Waals surface area contributed by atoms with Gasteiger partial charge in [-0.2, -0.15) is 0 Å². The summed E-state index contributed by atoms with van der Waals surface area (Å²) < 4.78 is 2.23. The maximum atomic E-state index is 12.5. The van der Waals surface area contributed by atoms with Gasteiger partial charge < -0.3 is 20.5 Å². The van der Waals surface area contributed by atoms with Crippen molar-refractivity contribution in [2.24, 2.45) is 0 Å². The summed E-state index contributed by atoms with van der Waals surface area (Å²) >= 11 is 0. The van der Waals surface area contributed by atoms with Crippen molar-refractivity contribution in [3.8, 4) is 0 Å². The standard InChI is InChI=1S/C24H26N4O3/c1-15(2)28-14-16(17-7-4-6-10-21(17)28)11-12-25-22(29)13-20-24(31)26-19-9-5-3-8-18(19)23(30)27-20/h3-10,14-15,20H,11-13H2,1-2H3,(H,25,29)(H,26,31)(H,27,30)/t20-/m0/s1. The Kier molecular flexibility index (Phi) is 5.75. The van der Waals surface area contributed by atoms with Crippen LogP contribution in [0.2, 0.25) is 0 Å². The molecule has 7 heteroatoms. The van der Waals surface area contributed by atoms with Crippen LogP contribution in [0.5, 0.6) is 0 Å². The normalized spacial score (nSPS) is 15.9. The van der Waals surface area contributed by atoms with Gasteiger partial charge in [-0.1, -0.05) is 30.3 Å². The van der Waals surface area contributed by atoms with Gasteiger partial charge in [-0.3, -0.25) is 14.4 Å². The van der Waals surface area contributed by atoms with Gasteiger partial charge in [0.2, 0.25) is 11.8 Å². The van der Waals surface area contributed by atoms with Crippen LogP contribution in [0.1, 0.15) is 42.2 Å². The molecular formula is C24H26N4O3. The Hall–Kier alpha value is -3.61. The van der Waals surface area contributed by atoms with E-state index in [1.165, 1.54) is 16.5 Å². The smallest absolute Gasteiger partial charge is 0.254 e. The molecule has 3 aromatic rings. The number of fused-ring (bicyclic) bond motifs is 2. The predicted molar refractivity (Wildman–Crippen MR) is 120 cm³/mol. The fourth-order valence-corrected chi connectivity index (χ4v) is 3.95. The maximum Gasteiger partial charge on any atom is 0.254 e. The predicted octanol–water partition coefficient (Wildman–Crippen LogP) is 3.02. The molecular weight excluding hydrogens is 392 g/mol. The third-order valence-corrected chi connectivity index (χ3v) is 5.54. The van der Waals surface area contributed by atoms with E-state index in [0.29, 0.717) is 30.3 Å². The number of rotatable bonds is 6. The number of nitrogens with zero attached hydrogens (tertiary/aromatic N) is 1. The number of aromatic nitrogens is 1. The Morgan fingerprint density at radius 2 is 1.84 bits per heavy atom. The lowest BCUT2D eigenvalue weighted by molar-refractivity contribution is -0.125. The zero-order chi connectivity index (χ0) is 22.0. The molecule has 2 aromatic carbocycles. The van der Waals surface area contributed by atoms with Crippen molar-refractivity contribution in [3.63, 3.8) is 0 Å². The molecule has 7 nitrogen and oxygen atoms in total. The largest absolute Gasteiger partial charge is 0.356 e. The lowest BCUT2D eigenvalue weighted by Gasteiger charge is -2.14. The SMILES string of the molecule is CC(C)n1cc(CCNC(=O)C[C@@H]2NC(=O)c3ccccc3NC2=O)c2ccccc21. The number of amides is 3. The summed E-state index contributed by atoms with van der Waals surface area (Å²) in [5.74, 6) is -1.04. The van der Waals surface area contributed by atoms with Crippen molar-refractivity contribution in [3.05, 3.63) is 65.9 Å². The summed E-state index contributed by atoms with van der Waals surface area (Å²) in [4.78, 5) is 37.3. The first-order chi connectivity index (χ1) is 14.9. The van der Waals surface area contributed by atoms with Gasteiger partial charge in [-0.05, 0) is 44.0 Å². The lowest BCUT2D eigenvalue weighted by atomic mass is 10.1.